The maximum absolute atomic E-state index is 6.08. The third-order valence-electron chi connectivity index (χ3n) is 4.93. The summed E-state index contributed by atoms with van der Waals surface area (Å²) in [5, 5.41) is 0. The minimum absolute atomic E-state index is 0.0512. The van der Waals surface area contributed by atoms with Gasteiger partial charge in [0.05, 0.1) is 13.0 Å². The standard InChI is InChI=1S/C21H18N4O3/c1-26-16-3-5-18-13(7-16)6-14(11-27-18)20-25-17-4-2-12(8-19(17)28-20)15-9-23-21(22)24-10-15/h2-5,7-10,14H,6,11H2,1H3,(H2,22,23,24)/t14-/m0/s1. The van der Waals surface area contributed by atoms with E-state index in [1.165, 1.54) is 0 Å². The van der Waals surface area contributed by atoms with Crippen molar-refractivity contribution in [1.29, 1.82) is 0 Å². The highest BCUT2D eigenvalue weighted by molar-refractivity contribution is 5.80. The number of rotatable bonds is 3. The molecule has 7 nitrogen and oxygen atoms in total. The van der Waals surface area contributed by atoms with Gasteiger partial charge in [-0.25, -0.2) is 15.0 Å². The Hall–Kier alpha value is -3.61. The van der Waals surface area contributed by atoms with E-state index in [4.69, 9.17) is 19.6 Å². The lowest BCUT2D eigenvalue weighted by Gasteiger charge is -2.23. The molecule has 0 radical (unpaired) electrons. The lowest BCUT2D eigenvalue weighted by atomic mass is 9.96. The van der Waals surface area contributed by atoms with E-state index in [1.807, 2.05) is 36.4 Å². The van der Waals surface area contributed by atoms with Crippen molar-refractivity contribution in [2.45, 2.75) is 12.3 Å². The number of hydrogen-bond acceptors (Lipinski definition) is 7. The summed E-state index contributed by atoms with van der Waals surface area (Å²) in [7, 11) is 1.66. The molecule has 28 heavy (non-hydrogen) atoms. The Kier molecular flexibility index (Phi) is 3.86. The Labute approximate surface area is 161 Å². The molecule has 0 fully saturated rings. The van der Waals surface area contributed by atoms with Gasteiger partial charge in [0.1, 0.15) is 23.6 Å². The van der Waals surface area contributed by atoms with Gasteiger partial charge in [-0.15, -0.1) is 0 Å². The summed E-state index contributed by atoms with van der Waals surface area (Å²) in [6.07, 6.45) is 4.18. The number of fused-ring (bicyclic) bond motifs is 2. The highest BCUT2D eigenvalue weighted by Gasteiger charge is 2.26. The number of aromatic nitrogens is 3. The number of nitrogens with two attached hydrogens (primary N) is 1. The van der Waals surface area contributed by atoms with Crippen molar-refractivity contribution in [3.8, 4) is 22.6 Å². The van der Waals surface area contributed by atoms with Crippen LogP contribution >= 0.6 is 0 Å². The smallest absolute Gasteiger partial charge is 0.219 e. The van der Waals surface area contributed by atoms with Gasteiger partial charge in [-0.2, -0.15) is 0 Å². The molecule has 0 saturated carbocycles. The van der Waals surface area contributed by atoms with Crippen LogP contribution in [-0.4, -0.2) is 28.7 Å². The van der Waals surface area contributed by atoms with Gasteiger partial charge in [-0.1, -0.05) is 6.07 Å². The van der Waals surface area contributed by atoms with E-state index in [0.29, 0.717) is 12.5 Å². The third-order valence-corrected chi connectivity index (χ3v) is 4.93. The highest BCUT2D eigenvalue weighted by Crippen LogP contribution is 2.35. The van der Waals surface area contributed by atoms with Crippen LogP contribution in [0.25, 0.3) is 22.2 Å². The van der Waals surface area contributed by atoms with Crippen molar-refractivity contribution < 1.29 is 13.9 Å². The molecule has 140 valence electrons. The van der Waals surface area contributed by atoms with Crippen LogP contribution in [0.5, 0.6) is 11.5 Å². The number of nitrogens with zero attached hydrogens (tertiary/aromatic N) is 3. The molecule has 0 aliphatic carbocycles. The number of anilines is 1. The van der Waals surface area contributed by atoms with Gasteiger partial charge in [0.25, 0.3) is 0 Å². The van der Waals surface area contributed by atoms with Gasteiger partial charge in [0, 0.05) is 18.0 Å². The van der Waals surface area contributed by atoms with E-state index in [1.54, 1.807) is 19.5 Å². The van der Waals surface area contributed by atoms with Gasteiger partial charge >= 0.3 is 0 Å². The summed E-state index contributed by atoms with van der Waals surface area (Å²) in [5.41, 5.74) is 10.0. The van der Waals surface area contributed by atoms with Gasteiger partial charge < -0.3 is 19.6 Å². The number of hydrogen-bond donors (Lipinski definition) is 1. The monoisotopic (exact) mass is 374 g/mol. The van der Waals surface area contributed by atoms with Crippen LogP contribution in [0.2, 0.25) is 0 Å². The van der Waals surface area contributed by atoms with Gasteiger partial charge in [-0.05, 0) is 47.9 Å². The van der Waals surface area contributed by atoms with Crippen LogP contribution < -0.4 is 15.2 Å². The fourth-order valence-corrected chi connectivity index (χ4v) is 3.44. The Balaban J connectivity index is 1.46. The lowest BCUT2D eigenvalue weighted by Crippen LogP contribution is -2.19. The van der Waals surface area contributed by atoms with Gasteiger partial charge in [-0.3, -0.25) is 0 Å². The number of benzene rings is 2. The molecule has 0 bridgehead atoms. The molecule has 1 aliphatic heterocycles. The second kappa shape index (κ2) is 6.53. The van der Waals surface area contributed by atoms with Crippen molar-refractivity contribution >= 4 is 17.0 Å². The molecule has 3 heterocycles. The molecule has 7 heteroatoms. The topological polar surface area (TPSA) is 96.3 Å². The number of oxazole rings is 1. The summed E-state index contributed by atoms with van der Waals surface area (Å²) in [6.45, 7) is 0.533. The molecule has 5 rings (SSSR count). The third kappa shape index (κ3) is 2.90. The van der Waals surface area contributed by atoms with Crippen LogP contribution in [-0.2, 0) is 6.42 Å². The zero-order valence-electron chi connectivity index (χ0n) is 15.3. The number of nitrogen functional groups attached to an aromatic ring is 1. The normalized spacial score (nSPS) is 15.8. The molecule has 4 aromatic rings. The van der Waals surface area contributed by atoms with Crippen LogP contribution in [0.15, 0.2) is 53.2 Å². The van der Waals surface area contributed by atoms with E-state index in [2.05, 4.69) is 15.0 Å². The molecule has 1 aliphatic rings. The first-order valence-corrected chi connectivity index (χ1v) is 8.98. The molecule has 2 N–H and O–H groups in total. The average Bonchev–Trinajstić information content (AvgIpc) is 3.17. The summed E-state index contributed by atoms with van der Waals surface area (Å²) in [4.78, 5) is 12.8. The number of methoxy groups -OCH3 is 1. The van der Waals surface area contributed by atoms with Crippen LogP contribution in [0.1, 0.15) is 17.4 Å². The van der Waals surface area contributed by atoms with Crippen LogP contribution in [0, 0.1) is 0 Å². The Morgan fingerprint density at radius 1 is 1.07 bits per heavy atom. The molecule has 0 spiro atoms. The molecule has 0 unspecified atom stereocenters. The minimum atomic E-state index is 0.0512. The Bertz CT molecular complexity index is 1150. The van der Waals surface area contributed by atoms with E-state index < -0.39 is 0 Å². The molecule has 2 aromatic carbocycles. The average molecular weight is 374 g/mol. The highest BCUT2D eigenvalue weighted by atomic mass is 16.5. The predicted molar refractivity (Wildman–Crippen MR) is 104 cm³/mol. The molecule has 0 saturated heterocycles. The van der Waals surface area contributed by atoms with Crippen LogP contribution in [0.4, 0.5) is 5.95 Å². The lowest BCUT2D eigenvalue weighted by molar-refractivity contribution is 0.243. The van der Waals surface area contributed by atoms with Gasteiger partial charge in [0.15, 0.2) is 5.58 Å². The molecule has 1 atom stereocenters. The fraction of sp³-hybridized carbons (Fsp3) is 0.190. The second-order valence-electron chi connectivity index (χ2n) is 6.75. The van der Waals surface area contributed by atoms with Crippen LogP contribution in [0.3, 0.4) is 0 Å². The summed E-state index contributed by atoms with van der Waals surface area (Å²) in [5.74, 6) is 2.68. The Morgan fingerprint density at radius 2 is 1.93 bits per heavy atom. The second-order valence-corrected chi connectivity index (χ2v) is 6.75. The first-order valence-electron chi connectivity index (χ1n) is 8.98. The first kappa shape index (κ1) is 16.6. The van der Waals surface area contributed by atoms with Crippen molar-refractivity contribution in [3.05, 3.63) is 60.2 Å². The first-order chi connectivity index (χ1) is 13.7. The van der Waals surface area contributed by atoms with Crippen molar-refractivity contribution in [2.24, 2.45) is 0 Å². The molecule has 0 amide bonds. The SMILES string of the molecule is COc1ccc2c(c1)C[C@H](c1nc3ccc(-c4cnc(N)nc4)cc3o1)CO2. The number of ether oxygens (including phenoxy) is 2. The molecular weight excluding hydrogens is 356 g/mol. The fourth-order valence-electron chi connectivity index (χ4n) is 3.44. The summed E-state index contributed by atoms with van der Waals surface area (Å²) in [6, 6.07) is 11.7. The van der Waals surface area contributed by atoms with E-state index in [0.717, 1.165) is 45.7 Å². The van der Waals surface area contributed by atoms with Gasteiger partial charge in [0.2, 0.25) is 11.8 Å². The van der Waals surface area contributed by atoms with E-state index in [9.17, 15) is 0 Å². The van der Waals surface area contributed by atoms with Crippen molar-refractivity contribution in [3.63, 3.8) is 0 Å². The Morgan fingerprint density at radius 3 is 2.75 bits per heavy atom. The van der Waals surface area contributed by atoms with E-state index >= 15 is 0 Å². The maximum Gasteiger partial charge on any atom is 0.219 e. The summed E-state index contributed by atoms with van der Waals surface area (Å²) < 4.78 is 17.3. The minimum Gasteiger partial charge on any atom is -0.497 e. The maximum atomic E-state index is 6.08. The van der Waals surface area contributed by atoms with E-state index in [-0.39, 0.29) is 11.9 Å². The molecule has 2 aromatic heterocycles. The zero-order valence-corrected chi connectivity index (χ0v) is 15.3. The quantitative estimate of drug-likeness (QED) is 0.585. The molecular formula is C21H18N4O3. The zero-order chi connectivity index (χ0) is 19.1. The van der Waals surface area contributed by atoms with Crippen molar-refractivity contribution in [1.82, 2.24) is 15.0 Å². The predicted octanol–water partition coefficient (Wildman–Crippen LogP) is 3.59. The summed E-state index contributed by atoms with van der Waals surface area (Å²) >= 11 is 0. The largest absolute Gasteiger partial charge is 0.497 e. The van der Waals surface area contributed by atoms with Crippen molar-refractivity contribution in [2.75, 3.05) is 19.5 Å².